The molecular formula is C14H26F2O. The van der Waals surface area contributed by atoms with E-state index in [1.807, 2.05) is 0 Å². The third-order valence-corrected chi connectivity index (χ3v) is 3.01. The summed E-state index contributed by atoms with van der Waals surface area (Å²) in [4.78, 5) is 10.0. The minimum Gasteiger partial charge on any atom is -0.303 e. The Hall–Kier alpha value is -0.470. The minimum atomic E-state index is -2.49. The highest BCUT2D eigenvalue weighted by Crippen LogP contribution is 2.28. The van der Waals surface area contributed by atoms with E-state index in [0.29, 0.717) is 19.3 Å². The predicted octanol–water partition coefficient (Wildman–Crippen LogP) is 5.13. The van der Waals surface area contributed by atoms with Crippen molar-refractivity contribution in [2.75, 3.05) is 0 Å². The van der Waals surface area contributed by atoms with Gasteiger partial charge < -0.3 is 4.79 Å². The van der Waals surface area contributed by atoms with Crippen LogP contribution in [0.1, 0.15) is 77.6 Å². The number of carbonyl (C=O) groups is 1. The van der Waals surface area contributed by atoms with Gasteiger partial charge in [-0.2, -0.15) is 0 Å². The zero-order chi connectivity index (χ0) is 13.0. The molecule has 0 aliphatic heterocycles. The first-order valence-electron chi connectivity index (χ1n) is 6.94. The van der Waals surface area contributed by atoms with Gasteiger partial charge in [-0.3, -0.25) is 0 Å². The van der Waals surface area contributed by atoms with E-state index < -0.39 is 5.92 Å². The number of halogens is 2. The van der Waals surface area contributed by atoms with E-state index in [-0.39, 0.29) is 12.8 Å². The molecule has 0 atom stereocenters. The first-order chi connectivity index (χ1) is 8.12. The molecule has 0 heterocycles. The molecular weight excluding hydrogens is 222 g/mol. The largest absolute Gasteiger partial charge is 0.303 e. The molecule has 0 rings (SSSR count). The maximum Gasteiger partial charge on any atom is 0.248 e. The second-order valence-corrected chi connectivity index (χ2v) is 4.79. The van der Waals surface area contributed by atoms with Gasteiger partial charge in [0.1, 0.15) is 6.29 Å². The Balaban J connectivity index is 3.41. The summed E-state index contributed by atoms with van der Waals surface area (Å²) in [6.07, 6.45) is 8.33. The van der Waals surface area contributed by atoms with E-state index in [1.165, 1.54) is 0 Å². The van der Waals surface area contributed by atoms with Crippen LogP contribution in [0.5, 0.6) is 0 Å². The molecule has 0 saturated carbocycles. The number of aldehydes is 1. The van der Waals surface area contributed by atoms with Crippen molar-refractivity contribution in [2.45, 2.75) is 83.5 Å². The monoisotopic (exact) mass is 248 g/mol. The molecule has 0 bridgehead atoms. The lowest BCUT2D eigenvalue weighted by Crippen LogP contribution is -2.15. The highest BCUT2D eigenvalue weighted by Gasteiger charge is 2.26. The van der Waals surface area contributed by atoms with Crippen molar-refractivity contribution in [3.63, 3.8) is 0 Å². The topological polar surface area (TPSA) is 17.1 Å². The van der Waals surface area contributed by atoms with Crippen LogP contribution >= 0.6 is 0 Å². The number of unbranched alkanes of at least 4 members (excludes halogenated alkanes) is 7. The highest BCUT2D eigenvalue weighted by atomic mass is 19.3. The number of hydrogen-bond donors (Lipinski definition) is 0. The third-order valence-electron chi connectivity index (χ3n) is 3.01. The zero-order valence-electron chi connectivity index (χ0n) is 11.0. The molecule has 0 saturated heterocycles. The van der Waals surface area contributed by atoms with E-state index in [1.54, 1.807) is 0 Å². The van der Waals surface area contributed by atoms with Crippen molar-refractivity contribution in [1.29, 1.82) is 0 Å². The smallest absolute Gasteiger partial charge is 0.248 e. The van der Waals surface area contributed by atoms with E-state index in [9.17, 15) is 13.6 Å². The van der Waals surface area contributed by atoms with Crippen LogP contribution in [-0.4, -0.2) is 12.2 Å². The first-order valence-corrected chi connectivity index (χ1v) is 6.94. The van der Waals surface area contributed by atoms with Crippen molar-refractivity contribution in [1.82, 2.24) is 0 Å². The lowest BCUT2D eigenvalue weighted by molar-refractivity contribution is -0.107. The Morgan fingerprint density at radius 2 is 1.41 bits per heavy atom. The molecule has 0 aromatic rings. The average molecular weight is 248 g/mol. The van der Waals surface area contributed by atoms with E-state index >= 15 is 0 Å². The Bertz CT molecular complexity index is 181. The van der Waals surface area contributed by atoms with Crippen molar-refractivity contribution in [3.05, 3.63) is 0 Å². The van der Waals surface area contributed by atoms with Crippen LogP contribution in [0.2, 0.25) is 0 Å². The Morgan fingerprint density at radius 3 is 1.94 bits per heavy atom. The first kappa shape index (κ1) is 16.5. The van der Waals surface area contributed by atoms with Gasteiger partial charge in [0.05, 0.1) is 0 Å². The van der Waals surface area contributed by atoms with Crippen molar-refractivity contribution < 1.29 is 13.6 Å². The van der Waals surface area contributed by atoms with Crippen LogP contribution < -0.4 is 0 Å². The van der Waals surface area contributed by atoms with Gasteiger partial charge in [0.2, 0.25) is 5.92 Å². The molecule has 0 aliphatic rings. The fourth-order valence-corrected chi connectivity index (χ4v) is 1.90. The van der Waals surface area contributed by atoms with Gasteiger partial charge in [-0.1, -0.05) is 39.0 Å². The van der Waals surface area contributed by atoms with Gasteiger partial charge in [-0.15, -0.1) is 0 Å². The summed E-state index contributed by atoms with van der Waals surface area (Å²) in [6, 6.07) is 0. The summed E-state index contributed by atoms with van der Waals surface area (Å²) in [5.74, 6) is -2.49. The summed E-state index contributed by atoms with van der Waals surface area (Å²) in [6.45, 7) is 2.12. The molecule has 102 valence electrons. The van der Waals surface area contributed by atoms with E-state index in [0.717, 1.165) is 44.8 Å². The van der Waals surface area contributed by atoms with E-state index in [4.69, 9.17) is 0 Å². The van der Waals surface area contributed by atoms with Crippen molar-refractivity contribution >= 4 is 6.29 Å². The summed E-state index contributed by atoms with van der Waals surface area (Å²) in [5.41, 5.74) is 0. The van der Waals surface area contributed by atoms with Crippen molar-refractivity contribution in [3.8, 4) is 0 Å². The lowest BCUT2D eigenvalue weighted by atomic mass is 10.0. The molecule has 17 heavy (non-hydrogen) atoms. The second-order valence-electron chi connectivity index (χ2n) is 4.79. The van der Waals surface area contributed by atoms with Crippen LogP contribution in [0, 0.1) is 0 Å². The molecule has 0 N–H and O–H groups in total. The van der Waals surface area contributed by atoms with Crippen LogP contribution in [0.25, 0.3) is 0 Å². The Kier molecular flexibility index (Phi) is 10.4. The number of hydrogen-bond acceptors (Lipinski definition) is 1. The number of alkyl halides is 2. The van der Waals surface area contributed by atoms with Gasteiger partial charge in [-0.25, -0.2) is 8.78 Å². The second kappa shape index (κ2) is 10.7. The van der Waals surface area contributed by atoms with E-state index in [2.05, 4.69) is 6.92 Å². The summed E-state index contributed by atoms with van der Waals surface area (Å²) >= 11 is 0. The maximum absolute atomic E-state index is 13.4. The number of carbonyl (C=O) groups excluding carboxylic acids is 1. The predicted molar refractivity (Wildman–Crippen MR) is 67.5 cm³/mol. The Morgan fingerprint density at radius 1 is 0.882 bits per heavy atom. The summed E-state index contributed by atoms with van der Waals surface area (Å²) in [5, 5.41) is 0. The molecule has 0 aliphatic carbocycles. The quantitative estimate of drug-likeness (QED) is 0.345. The fourth-order valence-electron chi connectivity index (χ4n) is 1.90. The molecule has 0 radical (unpaired) electrons. The highest BCUT2D eigenvalue weighted by molar-refractivity contribution is 5.48. The van der Waals surface area contributed by atoms with Gasteiger partial charge in [-0.05, 0) is 19.3 Å². The molecule has 0 unspecified atom stereocenters. The van der Waals surface area contributed by atoms with Crippen LogP contribution in [0.15, 0.2) is 0 Å². The van der Waals surface area contributed by atoms with Gasteiger partial charge in [0.25, 0.3) is 0 Å². The average Bonchev–Trinajstić information content (AvgIpc) is 2.28. The molecule has 0 fully saturated rings. The van der Waals surface area contributed by atoms with Gasteiger partial charge >= 0.3 is 0 Å². The summed E-state index contributed by atoms with van der Waals surface area (Å²) in [7, 11) is 0. The zero-order valence-corrected chi connectivity index (χ0v) is 11.0. The minimum absolute atomic E-state index is 0.0143. The van der Waals surface area contributed by atoms with Crippen LogP contribution in [-0.2, 0) is 4.79 Å². The Labute approximate surface area is 104 Å². The molecule has 1 nitrogen and oxygen atoms in total. The SMILES string of the molecule is CCCCCCCC(F)(F)CCCCCC=O. The van der Waals surface area contributed by atoms with Crippen LogP contribution in [0.4, 0.5) is 8.78 Å². The molecule has 0 aromatic carbocycles. The lowest BCUT2D eigenvalue weighted by Gasteiger charge is -2.15. The fraction of sp³-hybridized carbons (Fsp3) is 0.929. The molecule has 0 spiro atoms. The standard InChI is InChI=1S/C14H26F2O/c1-2-3-4-5-8-11-14(15,16)12-9-6-7-10-13-17/h13H,2-12H2,1H3. The van der Waals surface area contributed by atoms with Crippen LogP contribution in [0.3, 0.4) is 0 Å². The van der Waals surface area contributed by atoms with Crippen molar-refractivity contribution in [2.24, 2.45) is 0 Å². The number of rotatable bonds is 12. The molecule has 3 heteroatoms. The molecule has 0 amide bonds. The summed E-state index contributed by atoms with van der Waals surface area (Å²) < 4.78 is 26.7. The third kappa shape index (κ3) is 11.8. The van der Waals surface area contributed by atoms with Gasteiger partial charge in [0, 0.05) is 19.3 Å². The maximum atomic E-state index is 13.4. The normalized spacial score (nSPS) is 11.7. The van der Waals surface area contributed by atoms with Gasteiger partial charge in [0.15, 0.2) is 0 Å². The molecule has 0 aromatic heterocycles.